The number of phenols is 1. The topological polar surface area (TPSA) is 48.9 Å². The molecule has 0 aliphatic rings. The molecule has 0 amide bonds. The van der Waals surface area contributed by atoms with Gasteiger partial charge in [-0.15, -0.1) is 0 Å². The number of hydrogen-bond donors (Lipinski definition) is 2. The number of aromatic amines is 1. The number of nitrogens with zero attached hydrogens (tertiary/aromatic N) is 1. The highest BCUT2D eigenvalue weighted by molar-refractivity contribution is 5.82. The summed E-state index contributed by atoms with van der Waals surface area (Å²) in [5, 5.41) is 11.2. The van der Waals surface area contributed by atoms with Gasteiger partial charge >= 0.3 is 0 Å². The summed E-state index contributed by atoms with van der Waals surface area (Å²) in [6.07, 6.45) is 0. The van der Waals surface area contributed by atoms with Crippen LogP contribution >= 0.6 is 0 Å². The standard InChI is InChI=1S/C33H40N2O/c1-19-11-13-23(15-21(19)3)28-29(24-14-12-20(2)22(4)16-24)35-31(34-28)25-17-26(32(5,6)7)30(36)27(18-25)33(8,9)10/h11-18,36H,1-10H3,(H,34,35). The van der Waals surface area contributed by atoms with Crippen molar-refractivity contribution in [3.8, 4) is 39.7 Å². The first-order chi connectivity index (χ1) is 16.7. The van der Waals surface area contributed by atoms with Crippen molar-refractivity contribution in [3.63, 3.8) is 0 Å². The summed E-state index contributed by atoms with van der Waals surface area (Å²) in [5.74, 6) is 1.20. The molecule has 0 bridgehead atoms. The van der Waals surface area contributed by atoms with Gasteiger partial charge < -0.3 is 10.1 Å². The van der Waals surface area contributed by atoms with Crippen LogP contribution in [0.25, 0.3) is 33.9 Å². The monoisotopic (exact) mass is 480 g/mol. The minimum Gasteiger partial charge on any atom is -0.507 e. The van der Waals surface area contributed by atoms with Gasteiger partial charge in [0, 0.05) is 27.8 Å². The van der Waals surface area contributed by atoms with Gasteiger partial charge in [0.25, 0.3) is 0 Å². The molecule has 1 aromatic heterocycles. The Balaban J connectivity index is 2.01. The Morgan fingerprint density at radius 3 is 1.56 bits per heavy atom. The molecule has 36 heavy (non-hydrogen) atoms. The molecule has 3 aromatic carbocycles. The smallest absolute Gasteiger partial charge is 0.138 e. The maximum atomic E-state index is 11.2. The third-order valence-corrected chi connectivity index (χ3v) is 7.28. The lowest BCUT2D eigenvalue weighted by Gasteiger charge is -2.28. The molecule has 188 valence electrons. The summed E-state index contributed by atoms with van der Waals surface area (Å²) in [6, 6.07) is 17.3. The normalized spacial score (nSPS) is 12.3. The summed E-state index contributed by atoms with van der Waals surface area (Å²) < 4.78 is 0. The van der Waals surface area contributed by atoms with Gasteiger partial charge in [0.1, 0.15) is 11.6 Å². The molecule has 1 heterocycles. The van der Waals surface area contributed by atoms with Crippen molar-refractivity contribution < 1.29 is 5.11 Å². The zero-order valence-corrected chi connectivity index (χ0v) is 23.5. The maximum absolute atomic E-state index is 11.2. The molecule has 4 aromatic rings. The Labute approximate surface area is 216 Å². The second-order valence-corrected chi connectivity index (χ2v) is 12.3. The summed E-state index contributed by atoms with van der Waals surface area (Å²) in [6.45, 7) is 21.4. The van der Waals surface area contributed by atoms with Crippen molar-refractivity contribution >= 4 is 0 Å². The van der Waals surface area contributed by atoms with Crippen molar-refractivity contribution in [2.45, 2.75) is 80.1 Å². The molecule has 0 unspecified atom stereocenters. The summed E-state index contributed by atoms with van der Waals surface area (Å²) in [5.41, 5.74) is 11.7. The van der Waals surface area contributed by atoms with E-state index in [0.29, 0.717) is 5.75 Å². The third kappa shape index (κ3) is 4.84. The molecule has 0 spiro atoms. The molecule has 2 N–H and O–H groups in total. The SMILES string of the molecule is Cc1ccc(-c2nc(-c3cc(C(C)(C)C)c(O)c(C(C)(C)C)c3)[nH]c2-c2ccc(C)c(C)c2)cc1C. The molecule has 0 aliphatic heterocycles. The van der Waals surface area contributed by atoms with E-state index in [0.717, 1.165) is 45.0 Å². The molecule has 3 nitrogen and oxygen atoms in total. The van der Waals surface area contributed by atoms with Gasteiger partial charge in [-0.3, -0.25) is 0 Å². The summed E-state index contributed by atoms with van der Waals surface area (Å²) >= 11 is 0. The van der Waals surface area contributed by atoms with Gasteiger partial charge in [0.2, 0.25) is 0 Å². The van der Waals surface area contributed by atoms with Crippen molar-refractivity contribution in [3.05, 3.63) is 81.9 Å². The predicted octanol–water partition coefficient (Wildman–Crippen LogP) is 8.94. The molecule has 0 aliphatic carbocycles. The first kappa shape index (κ1) is 25.8. The zero-order chi connectivity index (χ0) is 26.6. The van der Waals surface area contributed by atoms with Crippen molar-refractivity contribution in [1.29, 1.82) is 0 Å². The van der Waals surface area contributed by atoms with Crippen molar-refractivity contribution in [1.82, 2.24) is 9.97 Å². The number of imidazole rings is 1. The van der Waals surface area contributed by atoms with E-state index >= 15 is 0 Å². The first-order valence-electron chi connectivity index (χ1n) is 12.8. The third-order valence-electron chi connectivity index (χ3n) is 7.28. The van der Waals surface area contributed by atoms with E-state index in [1.807, 2.05) is 0 Å². The molecule has 0 radical (unpaired) electrons. The lowest BCUT2D eigenvalue weighted by atomic mass is 9.78. The van der Waals surface area contributed by atoms with Gasteiger partial charge in [-0.25, -0.2) is 4.98 Å². The number of rotatable bonds is 3. The lowest BCUT2D eigenvalue weighted by Crippen LogP contribution is -2.17. The van der Waals surface area contributed by atoms with Crippen LogP contribution in [-0.4, -0.2) is 15.1 Å². The molecule has 0 saturated heterocycles. The van der Waals surface area contributed by atoms with E-state index in [1.54, 1.807) is 0 Å². The Morgan fingerprint density at radius 2 is 1.08 bits per heavy atom. The molecule has 0 atom stereocenters. The van der Waals surface area contributed by atoms with Crippen molar-refractivity contribution in [2.75, 3.05) is 0 Å². The molecule has 0 fully saturated rings. The fraction of sp³-hybridized carbons (Fsp3) is 0.364. The van der Waals surface area contributed by atoms with Crippen LogP contribution in [0.5, 0.6) is 5.75 Å². The van der Waals surface area contributed by atoms with E-state index in [9.17, 15) is 5.11 Å². The van der Waals surface area contributed by atoms with Crippen LogP contribution in [-0.2, 0) is 10.8 Å². The van der Waals surface area contributed by atoms with E-state index in [1.165, 1.54) is 22.3 Å². The highest BCUT2D eigenvalue weighted by Gasteiger charge is 2.28. The van der Waals surface area contributed by atoms with E-state index < -0.39 is 0 Å². The van der Waals surface area contributed by atoms with Gasteiger partial charge in [0.15, 0.2) is 0 Å². The Kier molecular flexibility index (Phi) is 6.41. The van der Waals surface area contributed by atoms with E-state index in [-0.39, 0.29) is 10.8 Å². The van der Waals surface area contributed by atoms with Crippen LogP contribution in [0.3, 0.4) is 0 Å². The maximum Gasteiger partial charge on any atom is 0.138 e. The molecule has 4 rings (SSSR count). The van der Waals surface area contributed by atoms with Crippen LogP contribution in [0.1, 0.15) is 74.9 Å². The van der Waals surface area contributed by atoms with Gasteiger partial charge in [-0.2, -0.15) is 0 Å². The number of nitrogens with one attached hydrogen (secondary N) is 1. The average Bonchev–Trinajstić information content (AvgIpc) is 3.21. The largest absolute Gasteiger partial charge is 0.507 e. The zero-order valence-electron chi connectivity index (χ0n) is 23.5. The first-order valence-corrected chi connectivity index (χ1v) is 12.8. The van der Waals surface area contributed by atoms with Gasteiger partial charge in [-0.05, 0) is 85.0 Å². The second-order valence-electron chi connectivity index (χ2n) is 12.3. The number of H-pyrrole nitrogens is 1. The van der Waals surface area contributed by atoms with Crippen LogP contribution in [0.2, 0.25) is 0 Å². The highest BCUT2D eigenvalue weighted by atomic mass is 16.3. The number of phenolic OH excluding ortho intramolecular Hbond substituents is 1. The molecular weight excluding hydrogens is 440 g/mol. The number of benzene rings is 3. The number of aryl methyl sites for hydroxylation is 4. The Bertz CT molecular complexity index is 1340. The fourth-order valence-corrected chi connectivity index (χ4v) is 4.63. The minimum absolute atomic E-state index is 0.208. The molecule has 0 saturated carbocycles. The average molecular weight is 481 g/mol. The van der Waals surface area contributed by atoms with Crippen molar-refractivity contribution in [2.24, 2.45) is 0 Å². The summed E-state index contributed by atoms with van der Waals surface area (Å²) in [7, 11) is 0. The van der Waals surface area contributed by atoms with Crippen LogP contribution in [0, 0.1) is 27.7 Å². The fourth-order valence-electron chi connectivity index (χ4n) is 4.63. The van der Waals surface area contributed by atoms with Crippen LogP contribution in [0.15, 0.2) is 48.5 Å². The predicted molar refractivity (Wildman–Crippen MR) is 153 cm³/mol. The van der Waals surface area contributed by atoms with Crippen LogP contribution < -0.4 is 0 Å². The van der Waals surface area contributed by atoms with E-state index in [2.05, 4.69) is 123 Å². The second kappa shape index (κ2) is 8.96. The lowest BCUT2D eigenvalue weighted by molar-refractivity contribution is 0.423. The van der Waals surface area contributed by atoms with Gasteiger partial charge in [0.05, 0.1) is 11.4 Å². The Hall–Kier alpha value is -3.33. The van der Waals surface area contributed by atoms with Gasteiger partial charge in [-0.1, -0.05) is 65.8 Å². The Morgan fingerprint density at radius 1 is 0.611 bits per heavy atom. The number of hydrogen-bond acceptors (Lipinski definition) is 2. The summed E-state index contributed by atoms with van der Waals surface area (Å²) in [4.78, 5) is 8.87. The quantitative estimate of drug-likeness (QED) is 0.307. The number of aromatic hydroxyl groups is 1. The molecule has 3 heteroatoms. The molecular formula is C33H40N2O. The van der Waals surface area contributed by atoms with E-state index in [4.69, 9.17) is 4.98 Å². The number of aromatic nitrogens is 2. The highest BCUT2D eigenvalue weighted by Crippen LogP contribution is 2.43. The van der Waals surface area contributed by atoms with Crippen LogP contribution in [0.4, 0.5) is 0 Å². The minimum atomic E-state index is -0.208.